The lowest BCUT2D eigenvalue weighted by atomic mass is 10.2. The Hall–Kier alpha value is -1.82. The van der Waals surface area contributed by atoms with Gasteiger partial charge in [0.05, 0.1) is 0 Å². The van der Waals surface area contributed by atoms with Crippen molar-refractivity contribution >= 4 is 33.9 Å². The minimum Gasteiger partial charge on any atom is -0.484 e. The Kier molecular flexibility index (Phi) is 6.24. The van der Waals surface area contributed by atoms with Crippen molar-refractivity contribution in [3.63, 3.8) is 0 Å². The molecule has 0 radical (unpaired) electrons. The fraction of sp³-hybridized carbons (Fsp3) is 0.286. The zero-order valence-corrected chi connectivity index (χ0v) is 12.9. The molecule has 1 N–H and O–H groups in total. The normalized spacial score (nSPS) is 10.6. The molecular formula is C14H16BrNO4. The first-order chi connectivity index (χ1) is 9.43. The number of halogens is 1. The van der Waals surface area contributed by atoms with E-state index >= 15 is 0 Å². The fourth-order valence-electron chi connectivity index (χ4n) is 1.33. The Bertz CT molecular complexity index is 528. The van der Waals surface area contributed by atoms with E-state index in [2.05, 4.69) is 15.9 Å². The molecule has 0 atom stereocenters. The van der Waals surface area contributed by atoms with Gasteiger partial charge in [0.25, 0.3) is 5.91 Å². The summed E-state index contributed by atoms with van der Waals surface area (Å²) >= 11 is 3.32. The van der Waals surface area contributed by atoms with Gasteiger partial charge in [0, 0.05) is 24.1 Å². The summed E-state index contributed by atoms with van der Waals surface area (Å²) in [5, 5.41) is 8.62. The largest absolute Gasteiger partial charge is 0.484 e. The highest BCUT2D eigenvalue weighted by atomic mass is 79.9. The van der Waals surface area contributed by atoms with Crippen LogP contribution in [0.5, 0.6) is 5.75 Å². The second-order valence-corrected chi connectivity index (χ2v) is 4.91. The lowest BCUT2D eigenvalue weighted by molar-refractivity contribution is -0.132. The van der Waals surface area contributed by atoms with E-state index in [1.807, 2.05) is 6.92 Å². The van der Waals surface area contributed by atoms with E-state index in [9.17, 15) is 9.59 Å². The summed E-state index contributed by atoms with van der Waals surface area (Å²) in [6.07, 6.45) is 2.50. The van der Waals surface area contributed by atoms with E-state index in [-0.39, 0.29) is 12.5 Å². The molecule has 0 spiro atoms. The maximum atomic E-state index is 11.6. The zero-order chi connectivity index (χ0) is 15.1. The highest BCUT2D eigenvalue weighted by Crippen LogP contribution is 2.23. The molecule has 1 amide bonds. The maximum absolute atomic E-state index is 11.6. The summed E-state index contributed by atoms with van der Waals surface area (Å²) in [4.78, 5) is 23.7. The number of nitrogens with zero attached hydrogens (tertiary/aromatic N) is 1. The minimum atomic E-state index is -1.03. The molecule has 20 heavy (non-hydrogen) atoms. The van der Waals surface area contributed by atoms with Crippen molar-refractivity contribution in [2.45, 2.75) is 6.92 Å². The van der Waals surface area contributed by atoms with Crippen LogP contribution < -0.4 is 4.74 Å². The molecule has 1 aromatic rings. The number of hydrogen-bond donors (Lipinski definition) is 1. The number of carboxylic acid groups (broad SMARTS) is 1. The summed E-state index contributed by atoms with van der Waals surface area (Å²) in [5.41, 5.74) is 0.668. The number of likely N-dealkylation sites (N-methyl/N-ethyl adjacent to an activating group) is 1. The van der Waals surface area contributed by atoms with Crippen LogP contribution in [-0.4, -0.2) is 42.1 Å². The van der Waals surface area contributed by atoms with Gasteiger partial charge in [0.2, 0.25) is 0 Å². The van der Waals surface area contributed by atoms with Crippen LogP contribution in [0.1, 0.15) is 12.5 Å². The third-order valence-electron chi connectivity index (χ3n) is 2.64. The molecule has 0 aliphatic rings. The van der Waals surface area contributed by atoms with Crippen LogP contribution in [0.15, 0.2) is 28.7 Å². The molecule has 0 saturated heterocycles. The quantitative estimate of drug-likeness (QED) is 0.807. The van der Waals surface area contributed by atoms with E-state index in [0.29, 0.717) is 17.9 Å². The number of benzene rings is 1. The molecule has 108 valence electrons. The second kappa shape index (κ2) is 7.69. The molecule has 1 aromatic carbocycles. The molecule has 0 bridgehead atoms. The number of carbonyl (C=O) groups is 2. The molecule has 5 nitrogen and oxygen atoms in total. The molecule has 0 aromatic heterocycles. The number of aliphatic carboxylic acids is 1. The maximum Gasteiger partial charge on any atom is 0.328 e. The van der Waals surface area contributed by atoms with Crippen molar-refractivity contribution in [2.24, 2.45) is 0 Å². The molecule has 0 aliphatic heterocycles. The number of amides is 1. The summed E-state index contributed by atoms with van der Waals surface area (Å²) in [6.45, 7) is 2.45. The minimum absolute atomic E-state index is 0.0476. The first-order valence-corrected chi connectivity index (χ1v) is 6.80. The third-order valence-corrected chi connectivity index (χ3v) is 3.36. The van der Waals surface area contributed by atoms with Crippen molar-refractivity contribution in [3.05, 3.63) is 34.3 Å². The molecule has 1 rings (SSSR count). The van der Waals surface area contributed by atoms with Gasteiger partial charge in [0.1, 0.15) is 5.75 Å². The summed E-state index contributed by atoms with van der Waals surface area (Å²) in [6, 6.07) is 5.12. The Labute approximate surface area is 126 Å². The molecule has 0 unspecified atom stereocenters. The van der Waals surface area contributed by atoms with E-state index in [1.54, 1.807) is 30.1 Å². The fourth-order valence-corrected chi connectivity index (χ4v) is 1.71. The van der Waals surface area contributed by atoms with Crippen LogP contribution in [0.25, 0.3) is 6.08 Å². The van der Waals surface area contributed by atoms with Gasteiger partial charge in [-0.2, -0.15) is 0 Å². The van der Waals surface area contributed by atoms with E-state index < -0.39 is 5.97 Å². The summed E-state index contributed by atoms with van der Waals surface area (Å²) in [7, 11) is 1.70. The predicted octanol–water partition coefficient (Wildman–Crippen LogP) is 2.40. The molecule has 0 aliphatic carbocycles. The van der Waals surface area contributed by atoms with Gasteiger partial charge in [-0.15, -0.1) is 0 Å². The highest BCUT2D eigenvalue weighted by Gasteiger charge is 2.08. The number of ether oxygens (including phenoxy) is 1. The Morgan fingerprint density at radius 3 is 2.75 bits per heavy atom. The SMILES string of the molecule is CCN(C)C(=O)COc1ccc(Br)c(/C=C/C(=O)O)c1. The van der Waals surface area contributed by atoms with Gasteiger partial charge >= 0.3 is 5.97 Å². The number of hydrogen-bond acceptors (Lipinski definition) is 3. The zero-order valence-electron chi connectivity index (χ0n) is 11.3. The van der Waals surface area contributed by atoms with Gasteiger partial charge < -0.3 is 14.7 Å². The second-order valence-electron chi connectivity index (χ2n) is 4.05. The van der Waals surface area contributed by atoms with E-state index in [1.165, 1.54) is 6.08 Å². The lowest BCUT2D eigenvalue weighted by Gasteiger charge is -2.15. The Morgan fingerprint density at radius 2 is 2.15 bits per heavy atom. The first kappa shape index (κ1) is 16.2. The van der Waals surface area contributed by atoms with Gasteiger partial charge in [-0.1, -0.05) is 15.9 Å². The molecule has 0 heterocycles. The van der Waals surface area contributed by atoms with Crippen LogP contribution in [0.2, 0.25) is 0 Å². The number of rotatable bonds is 6. The van der Waals surface area contributed by atoms with Gasteiger partial charge in [-0.25, -0.2) is 4.79 Å². The van der Waals surface area contributed by atoms with Crippen LogP contribution in [-0.2, 0) is 9.59 Å². The topological polar surface area (TPSA) is 66.8 Å². The van der Waals surface area contributed by atoms with Crippen LogP contribution in [0.4, 0.5) is 0 Å². The predicted molar refractivity (Wildman–Crippen MR) is 79.6 cm³/mol. The number of carbonyl (C=O) groups excluding carboxylic acids is 1. The number of carboxylic acids is 1. The average molecular weight is 342 g/mol. The van der Waals surface area contributed by atoms with Crippen molar-refractivity contribution in [2.75, 3.05) is 20.2 Å². The van der Waals surface area contributed by atoms with E-state index in [4.69, 9.17) is 9.84 Å². The van der Waals surface area contributed by atoms with Crippen LogP contribution in [0.3, 0.4) is 0 Å². The average Bonchev–Trinajstić information content (AvgIpc) is 2.43. The monoisotopic (exact) mass is 341 g/mol. The van der Waals surface area contributed by atoms with Gasteiger partial charge in [0.15, 0.2) is 6.61 Å². The standard InChI is InChI=1S/C14H16BrNO4/c1-3-16(2)13(17)9-20-11-5-6-12(15)10(8-11)4-7-14(18)19/h4-8H,3,9H2,1-2H3,(H,18,19)/b7-4+. The summed E-state index contributed by atoms with van der Waals surface area (Å²) < 4.78 is 6.15. The molecular weight excluding hydrogens is 326 g/mol. The Balaban J connectivity index is 2.75. The Morgan fingerprint density at radius 1 is 1.45 bits per heavy atom. The smallest absolute Gasteiger partial charge is 0.328 e. The van der Waals surface area contributed by atoms with Gasteiger partial charge in [-0.3, -0.25) is 4.79 Å². The first-order valence-electron chi connectivity index (χ1n) is 6.01. The highest BCUT2D eigenvalue weighted by molar-refractivity contribution is 9.10. The lowest BCUT2D eigenvalue weighted by Crippen LogP contribution is -2.31. The van der Waals surface area contributed by atoms with Crippen molar-refractivity contribution in [1.29, 1.82) is 0 Å². The van der Waals surface area contributed by atoms with Crippen molar-refractivity contribution < 1.29 is 19.4 Å². The van der Waals surface area contributed by atoms with Gasteiger partial charge in [-0.05, 0) is 36.8 Å². The van der Waals surface area contributed by atoms with Crippen molar-refractivity contribution in [3.8, 4) is 5.75 Å². The van der Waals surface area contributed by atoms with Crippen molar-refractivity contribution in [1.82, 2.24) is 4.90 Å². The molecule has 0 saturated carbocycles. The molecule has 0 fully saturated rings. The van der Waals surface area contributed by atoms with E-state index in [0.717, 1.165) is 10.5 Å². The third kappa shape index (κ3) is 5.05. The van der Waals surface area contributed by atoms with Crippen LogP contribution >= 0.6 is 15.9 Å². The summed E-state index contributed by atoms with van der Waals surface area (Å²) in [5.74, 6) is -0.628. The molecule has 6 heteroatoms. The van der Waals surface area contributed by atoms with Crippen LogP contribution in [0, 0.1) is 0 Å².